The third-order valence-corrected chi connectivity index (χ3v) is 2.13. The van der Waals surface area contributed by atoms with Gasteiger partial charge in [0.25, 0.3) is 0 Å². The van der Waals surface area contributed by atoms with E-state index in [1.54, 1.807) is 0 Å². The molecule has 13 heavy (non-hydrogen) atoms. The molecule has 0 unspecified atom stereocenters. The van der Waals surface area contributed by atoms with Crippen LogP contribution >= 0.6 is 0 Å². The Morgan fingerprint density at radius 2 is 2.15 bits per heavy atom. The van der Waals surface area contributed by atoms with Crippen LogP contribution in [0.1, 0.15) is 19.3 Å². The molecule has 0 heterocycles. The fourth-order valence-corrected chi connectivity index (χ4v) is 0.999. The third kappa shape index (κ3) is 3.02. The van der Waals surface area contributed by atoms with Crippen molar-refractivity contribution in [1.29, 1.82) is 0 Å². The topological polar surface area (TPSA) is 67.4 Å². The summed E-state index contributed by atoms with van der Waals surface area (Å²) in [5.41, 5.74) is 2.25. The second-order valence-corrected chi connectivity index (χ2v) is 3.06. The number of amides is 2. The second kappa shape index (κ2) is 4.81. The van der Waals surface area contributed by atoms with Gasteiger partial charge in [0.1, 0.15) is 0 Å². The van der Waals surface area contributed by atoms with Crippen LogP contribution in [0.3, 0.4) is 0 Å². The van der Waals surface area contributed by atoms with Gasteiger partial charge in [0.15, 0.2) is 6.61 Å². The fourth-order valence-electron chi connectivity index (χ4n) is 0.999. The molecule has 74 valence electrons. The van der Waals surface area contributed by atoms with Crippen LogP contribution in [-0.2, 0) is 14.4 Å². The minimum Gasteiger partial charge on any atom is -0.357 e. The maximum Gasteiger partial charge on any atom is 0.248 e. The van der Waals surface area contributed by atoms with E-state index in [1.165, 1.54) is 7.05 Å². The van der Waals surface area contributed by atoms with Gasteiger partial charge in [0.2, 0.25) is 11.8 Å². The monoisotopic (exact) mass is 186 g/mol. The van der Waals surface area contributed by atoms with E-state index in [0.717, 1.165) is 19.3 Å². The SMILES string of the molecule is CNC(=O)CONC(=O)C1CCC1. The van der Waals surface area contributed by atoms with Gasteiger partial charge in [-0.05, 0) is 12.8 Å². The first-order valence-corrected chi connectivity index (χ1v) is 4.36. The highest BCUT2D eigenvalue weighted by molar-refractivity contribution is 5.79. The van der Waals surface area contributed by atoms with E-state index < -0.39 is 0 Å². The molecule has 0 saturated heterocycles. The lowest BCUT2D eigenvalue weighted by Crippen LogP contribution is -2.37. The fraction of sp³-hybridized carbons (Fsp3) is 0.750. The van der Waals surface area contributed by atoms with Crippen molar-refractivity contribution in [2.24, 2.45) is 5.92 Å². The molecule has 0 aliphatic heterocycles. The van der Waals surface area contributed by atoms with E-state index in [2.05, 4.69) is 10.8 Å². The second-order valence-electron chi connectivity index (χ2n) is 3.06. The van der Waals surface area contributed by atoms with Gasteiger partial charge < -0.3 is 5.32 Å². The van der Waals surface area contributed by atoms with Crippen molar-refractivity contribution in [2.45, 2.75) is 19.3 Å². The summed E-state index contributed by atoms with van der Waals surface area (Å²) >= 11 is 0. The van der Waals surface area contributed by atoms with Gasteiger partial charge in [-0.1, -0.05) is 6.42 Å². The molecule has 0 aromatic heterocycles. The maximum absolute atomic E-state index is 11.1. The van der Waals surface area contributed by atoms with Gasteiger partial charge in [-0.15, -0.1) is 0 Å². The van der Waals surface area contributed by atoms with Crippen molar-refractivity contribution in [2.75, 3.05) is 13.7 Å². The quantitative estimate of drug-likeness (QED) is 0.586. The average molecular weight is 186 g/mol. The van der Waals surface area contributed by atoms with Crippen LogP contribution in [0.5, 0.6) is 0 Å². The van der Waals surface area contributed by atoms with E-state index >= 15 is 0 Å². The number of nitrogens with one attached hydrogen (secondary N) is 2. The molecule has 0 aromatic carbocycles. The molecule has 0 radical (unpaired) electrons. The molecule has 1 saturated carbocycles. The number of rotatable bonds is 4. The molecular weight excluding hydrogens is 172 g/mol. The Bertz CT molecular complexity index is 202. The Labute approximate surface area is 76.8 Å². The predicted molar refractivity (Wildman–Crippen MR) is 45.5 cm³/mol. The first-order chi connectivity index (χ1) is 6.24. The lowest BCUT2D eigenvalue weighted by atomic mass is 9.85. The lowest BCUT2D eigenvalue weighted by molar-refractivity contribution is -0.144. The summed E-state index contributed by atoms with van der Waals surface area (Å²) in [6.45, 7) is -0.130. The van der Waals surface area contributed by atoms with Crippen LogP contribution in [0.2, 0.25) is 0 Å². The molecule has 2 amide bonds. The smallest absolute Gasteiger partial charge is 0.248 e. The third-order valence-electron chi connectivity index (χ3n) is 2.13. The zero-order valence-electron chi connectivity index (χ0n) is 7.63. The highest BCUT2D eigenvalue weighted by atomic mass is 16.7. The largest absolute Gasteiger partial charge is 0.357 e. The molecule has 1 aliphatic carbocycles. The molecule has 0 aromatic rings. The Morgan fingerprint density at radius 3 is 2.62 bits per heavy atom. The van der Waals surface area contributed by atoms with E-state index in [0.29, 0.717) is 0 Å². The Balaban J connectivity index is 2.04. The molecule has 0 spiro atoms. The van der Waals surface area contributed by atoms with Crippen molar-refractivity contribution < 1.29 is 14.4 Å². The summed E-state index contributed by atoms with van der Waals surface area (Å²) in [7, 11) is 1.51. The number of hydrogen-bond donors (Lipinski definition) is 2. The highest BCUT2D eigenvalue weighted by Crippen LogP contribution is 2.25. The summed E-state index contributed by atoms with van der Waals surface area (Å²) in [4.78, 5) is 26.5. The van der Waals surface area contributed by atoms with Gasteiger partial charge in [-0.25, -0.2) is 5.48 Å². The first-order valence-electron chi connectivity index (χ1n) is 4.36. The molecular formula is C8H14N2O3. The van der Waals surface area contributed by atoms with Crippen LogP contribution in [0.25, 0.3) is 0 Å². The maximum atomic E-state index is 11.1. The zero-order chi connectivity index (χ0) is 9.68. The standard InChI is InChI=1S/C8H14N2O3/c1-9-7(11)5-13-10-8(12)6-3-2-4-6/h6H,2-5H2,1H3,(H,9,11)(H,10,12). The molecule has 5 nitrogen and oxygen atoms in total. The minimum atomic E-state index is -0.256. The van der Waals surface area contributed by atoms with E-state index in [4.69, 9.17) is 4.84 Å². The highest BCUT2D eigenvalue weighted by Gasteiger charge is 2.25. The molecule has 0 atom stereocenters. The molecule has 1 aliphatic rings. The van der Waals surface area contributed by atoms with Crippen LogP contribution in [0, 0.1) is 5.92 Å². The van der Waals surface area contributed by atoms with Gasteiger partial charge in [0, 0.05) is 13.0 Å². The molecule has 2 N–H and O–H groups in total. The predicted octanol–water partition coefficient (Wildman–Crippen LogP) is -0.420. The van der Waals surface area contributed by atoms with E-state index in [9.17, 15) is 9.59 Å². The Kier molecular flexibility index (Phi) is 3.70. The van der Waals surface area contributed by atoms with Crippen molar-refractivity contribution >= 4 is 11.8 Å². The van der Waals surface area contributed by atoms with Gasteiger partial charge in [-0.3, -0.25) is 14.4 Å². The van der Waals surface area contributed by atoms with Crippen LogP contribution in [0.15, 0.2) is 0 Å². The summed E-state index contributed by atoms with van der Waals surface area (Å²) in [5, 5.41) is 2.38. The minimum absolute atomic E-state index is 0.0877. The first kappa shape index (κ1) is 9.98. The lowest BCUT2D eigenvalue weighted by Gasteiger charge is -2.23. The molecule has 1 rings (SSSR count). The van der Waals surface area contributed by atoms with Crippen molar-refractivity contribution in [3.05, 3.63) is 0 Å². The molecule has 1 fully saturated rings. The van der Waals surface area contributed by atoms with Crippen LogP contribution < -0.4 is 10.8 Å². The normalized spacial score (nSPS) is 16.1. The van der Waals surface area contributed by atoms with Crippen LogP contribution in [-0.4, -0.2) is 25.5 Å². The van der Waals surface area contributed by atoms with E-state index in [-0.39, 0.29) is 24.3 Å². The average Bonchev–Trinajstić information content (AvgIpc) is 2.01. The van der Waals surface area contributed by atoms with Crippen molar-refractivity contribution in [3.63, 3.8) is 0 Å². The summed E-state index contributed by atoms with van der Waals surface area (Å²) in [5.74, 6) is -0.284. The number of hydrogen-bond acceptors (Lipinski definition) is 3. The summed E-state index contributed by atoms with van der Waals surface area (Å²) in [6.07, 6.45) is 2.96. The van der Waals surface area contributed by atoms with Gasteiger partial charge >= 0.3 is 0 Å². The van der Waals surface area contributed by atoms with Crippen LogP contribution in [0.4, 0.5) is 0 Å². The Hall–Kier alpha value is -1.10. The number of likely N-dealkylation sites (N-methyl/N-ethyl adjacent to an activating group) is 1. The number of carbonyl (C=O) groups excluding carboxylic acids is 2. The van der Waals surface area contributed by atoms with E-state index in [1.807, 2.05) is 0 Å². The molecule has 5 heteroatoms. The summed E-state index contributed by atoms with van der Waals surface area (Å²) < 4.78 is 0. The van der Waals surface area contributed by atoms with Crippen molar-refractivity contribution in [3.8, 4) is 0 Å². The van der Waals surface area contributed by atoms with Gasteiger partial charge in [0.05, 0.1) is 0 Å². The number of hydroxylamine groups is 1. The Morgan fingerprint density at radius 1 is 1.46 bits per heavy atom. The zero-order valence-corrected chi connectivity index (χ0v) is 7.63. The van der Waals surface area contributed by atoms with Crippen molar-refractivity contribution in [1.82, 2.24) is 10.8 Å². The number of carbonyl (C=O) groups is 2. The molecule has 0 bridgehead atoms. The van der Waals surface area contributed by atoms with Gasteiger partial charge in [-0.2, -0.15) is 0 Å². The summed E-state index contributed by atoms with van der Waals surface area (Å²) in [6, 6.07) is 0.